The van der Waals surface area contributed by atoms with Gasteiger partial charge in [0.2, 0.25) is 5.91 Å². The van der Waals surface area contributed by atoms with Crippen molar-refractivity contribution < 1.29 is 4.79 Å². The fourth-order valence-electron chi connectivity index (χ4n) is 3.24. The molecule has 1 amide bonds. The zero-order valence-electron chi connectivity index (χ0n) is 10.4. The van der Waals surface area contributed by atoms with Crippen LogP contribution in [0.1, 0.15) is 12.8 Å². The average Bonchev–Trinajstić information content (AvgIpc) is 2.94. The van der Waals surface area contributed by atoms with E-state index in [0.29, 0.717) is 11.8 Å². The molecule has 1 saturated carbocycles. The number of hydrazine groups is 1. The molecule has 94 valence electrons. The first-order valence-electron chi connectivity index (χ1n) is 6.64. The van der Waals surface area contributed by atoms with E-state index >= 15 is 0 Å². The van der Waals surface area contributed by atoms with E-state index in [1.165, 1.54) is 6.42 Å². The lowest BCUT2D eigenvalue weighted by atomic mass is 9.93. The molecule has 3 atom stereocenters. The van der Waals surface area contributed by atoms with Crippen LogP contribution in [0.3, 0.4) is 0 Å². The molecule has 17 heavy (non-hydrogen) atoms. The predicted molar refractivity (Wildman–Crippen MR) is 66.1 cm³/mol. The van der Waals surface area contributed by atoms with Crippen LogP contribution in [-0.4, -0.2) is 49.0 Å². The monoisotopic (exact) mass is 235 g/mol. The minimum Gasteiger partial charge on any atom is -0.304 e. The molecule has 0 aromatic heterocycles. The van der Waals surface area contributed by atoms with E-state index in [-0.39, 0.29) is 11.8 Å². The molecule has 3 aliphatic rings. The summed E-state index contributed by atoms with van der Waals surface area (Å²) in [5.41, 5.74) is 3.10. The highest BCUT2D eigenvalue weighted by atomic mass is 16.2. The van der Waals surface area contributed by atoms with Crippen LogP contribution in [0.4, 0.5) is 0 Å². The van der Waals surface area contributed by atoms with Crippen LogP contribution >= 0.6 is 0 Å². The molecule has 1 saturated heterocycles. The Kier molecular flexibility index (Phi) is 2.92. The van der Waals surface area contributed by atoms with Crippen molar-refractivity contribution in [3.63, 3.8) is 0 Å². The molecule has 0 aromatic carbocycles. The highest BCUT2D eigenvalue weighted by Crippen LogP contribution is 2.43. The average molecular weight is 235 g/mol. The largest absolute Gasteiger partial charge is 0.304 e. The van der Waals surface area contributed by atoms with Gasteiger partial charge in [-0.2, -0.15) is 0 Å². The third kappa shape index (κ3) is 2.24. The summed E-state index contributed by atoms with van der Waals surface area (Å²) in [6.45, 7) is 3.96. The number of allylic oxidation sites excluding steroid dienone is 2. The van der Waals surface area contributed by atoms with Crippen LogP contribution in [0.25, 0.3) is 0 Å². The summed E-state index contributed by atoms with van der Waals surface area (Å²) in [5.74, 6) is 1.65. The minimum absolute atomic E-state index is 0.227. The third-order valence-electron chi connectivity index (χ3n) is 4.39. The number of rotatable bonds is 2. The Hall–Kier alpha value is -0.870. The number of amides is 1. The van der Waals surface area contributed by atoms with Crippen LogP contribution in [0, 0.1) is 17.8 Å². The number of carbonyl (C=O) groups excluding carboxylic acids is 1. The molecule has 1 aliphatic heterocycles. The molecular weight excluding hydrogens is 214 g/mol. The minimum atomic E-state index is 0.227. The lowest BCUT2D eigenvalue weighted by molar-refractivity contribution is -0.131. The van der Waals surface area contributed by atoms with E-state index in [1.54, 1.807) is 0 Å². The number of piperazine rings is 1. The van der Waals surface area contributed by atoms with Gasteiger partial charge in [-0.3, -0.25) is 10.2 Å². The van der Waals surface area contributed by atoms with Crippen LogP contribution in [0.5, 0.6) is 0 Å². The quantitative estimate of drug-likeness (QED) is 0.707. The van der Waals surface area contributed by atoms with E-state index in [9.17, 15) is 4.79 Å². The van der Waals surface area contributed by atoms with E-state index in [4.69, 9.17) is 0 Å². The second kappa shape index (κ2) is 4.42. The first-order chi connectivity index (χ1) is 8.22. The maximum atomic E-state index is 12.2. The molecule has 4 nitrogen and oxygen atoms in total. The molecule has 2 aliphatic carbocycles. The summed E-state index contributed by atoms with van der Waals surface area (Å²) >= 11 is 0. The van der Waals surface area contributed by atoms with Gasteiger partial charge in [0.1, 0.15) is 0 Å². The van der Waals surface area contributed by atoms with E-state index in [0.717, 1.165) is 32.6 Å². The number of likely N-dealkylation sites (N-methyl/N-ethyl adjacent to an activating group) is 1. The summed E-state index contributed by atoms with van der Waals surface area (Å²) < 4.78 is 0. The number of carbonyl (C=O) groups is 1. The first-order valence-corrected chi connectivity index (χ1v) is 6.64. The van der Waals surface area contributed by atoms with Gasteiger partial charge in [0.15, 0.2) is 0 Å². The standard InChI is InChI=1S/C13H21N3O/c1-15-4-6-16(7-5-15)14-13(17)12-9-10-2-3-11(12)8-10/h2-3,10-12H,4-9H2,1H3,(H,14,17). The van der Waals surface area contributed by atoms with Gasteiger partial charge in [-0.25, -0.2) is 5.01 Å². The van der Waals surface area contributed by atoms with Crippen molar-refractivity contribution in [3.05, 3.63) is 12.2 Å². The van der Waals surface area contributed by atoms with Crippen molar-refractivity contribution in [2.75, 3.05) is 33.2 Å². The van der Waals surface area contributed by atoms with Gasteiger partial charge in [0, 0.05) is 32.1 Å². The van der Waals surface area contributed by atoms with Gasteiger partial charge in [-0.1, -0.05) is 12.2 Å². The molecule has 0 spiro atoms. The van der Waals surface area contributed by atoms with Crippen molar-refractivity contribution >= 4 is 5.91 Å². The Labute approximate surface area is 103 Å². The van der Waals surface area contributed by atoms with Crippen molar-refractivity contribution in [1.82, 2.24) is 15.3 Å². The lowest BCUT2D eigenvalue weighted by Gasteiger charge is -2.33. The number of nitrogens with one attached hydrogen (secondary N) is 1. The fourth-order valence-corrected chi connectivity index (χ4v) is 3.24. The van der Waals surface area contributed by atoms with Crippen LogP contribution in [0.2, 0.25) is 0 Å². The molecule has 0 aromatic rings. The van der Waals surface area contributed by atoms with Crippen LogP contribution in [0.15, 0.2) is 12.2 Å². The molecule has 3 unspecified atom stereocenters. The van der Waals surface area contributed by atoms with E-state index < -0.39 is 0 Å². The van der Waals surface area contributed by atoms with Crippen LogP contribution < -0.4 is 5.43 Å². The zero-order chi connectivity index (χ0) is 11.8. The summed E-state index contributed by atoms with van der Waals surface area (Å²) in [6.07, 6.45) is 6.77. The first kappa shape index (κ1) is 11.2. The Morgan fingerprint density at radius 3 is 2.53 bits per heavy atom. The molecule has 0 radical (unpaired) electrons. The number of hydrogen-bond donors (Lipinski definition) is 1. The predicted octanol–water partition coefficient (Wildman–Crippen LogP) is 0.477. The topological polar surface area (TPSA) is 35.6 Å². The fraction of sp³-hybridized carbons (Fsp3) is 0.769. The second-order valence-corrected chi connectivity index (χ2v) is 5.65. The number of nitrogens with zero attached hydrogens (tertiary/aromatic N) is 2. The molecule has 3 rings (SSSR count). The smallest absolute Gasteiger partial charge is 0.238 e. The zero-order valence-corrected chi connectivity index (χ0v) is 10.4. The van der Waals surface area contributed by atoms with Crippen molar-refractivity contribution in [2.45, 2.75) is 12.8 Å². The molecule has 2 bridgehead atoms. The summed E-state index contributed by atoms with van der Waals surface area (Å²) in [6, 6.07) is 0. The Morgan fingerprint density at radius 2 is 1.94 bits per heavy atom. The molecule has 2 fully saturated rings. The molecule has 4 heteroatoms. The van der Waals surface area contributed by atoms with Gasteiger partial charge in [-0.15, -0.1) is 0 Å². The van der Waals surface area contributed by atoms with Crippen molar-refractivity contribution in [3.8, 4) is 0 Å². The molecule has 1 N–H and O–H groups in total. The SMILES string of the molecule is CN1CCN(NC(=O)C2CC3C=CC2C3)CC1. The third-order valence-corrected chi connectivity index (χ3v) is 4.39. The van der Waals surface area contributed by atoms with E-state index in [1.807, 2.05) is 0 Å². The van der Waals surface area contributed by atoms with Crippen LogP contribution in [-0.2, 0) is 4.79 Å². The Bertz CT molecular complexity index is 334. The van der Waals surface area contributed by atoms with Crippen molar-refractivity contribution in [2.24, 2.45) is 17.8 Å². The van der Waals surface area contributed by atoms with Gasteiger partial charge >= 0.3 is 0 Å². The molecule has 1 heterocycles. The summed E-state index contributed by atoms with van der Waals surface area (Å²) in [7, 11) is 2.12. The summed E-state index contributed by atoms with van der Waals surface area (Å²) in [5, 5.41) is 2.08. The highest BCUT2D eigenvalue weighted by molar-refractivity contribution is 5.79. The highest BCUT2D eigenvalue weighted by Gasteiger charge is 2.40. The van der Waals surface area contributed by atoms with Crippen molar-refractivity contribution in [1.29, 1.82) is 0 Å². The number of hydrogen-bond acceptors (Lipinski definition) is 3. The lowest BCUT2D eigenvalue weighted by Crippen LogP contribution is -2.54. The van der Waals surface area contributed by atoms with Gasteiger partial charge in [0.25, 0.3) is 0 Å². The van der Waals surface area contributed by atoms with E-state index in [2.05, 4.69) is 34.5 Å². The maximum Gasteiger partial charge on any atom is 0.238 e. The molecular formula is C13H21N3O. The summed E-state index contributed by atoms with van der Waals surface area (Å²) in [4.78, 5) is 14.5. The maximum absolute atomic E-state index is 12.2. The normalized spacial score (nSPS) is 37.6. The second-order valence-electron chi connectivity index (χ2n) is 5.65. The Morgan fingerprint density at radius 1 is 1.18 bits per heavy atom. The number of fused-ring (bicyclic) bond motifs is 2. The van der Waals surface area contributed by atoms with Gasteiger partial charge in [0.05, 0.1) is 0 Å². The van der Waals surface area contributed by atoms with Gasteiger partial charge < -0.3 is 4.90 Å². The Balaban J connectivity index is 1.52. The van der Waals surface area contributed by atoms with Gasteiger partial charge in [-0.05, 0) is 31.7 Å².